The second kappa shape index (κ2) is 6.34. The molecular formula is C11H12BrNO5. The Morgan fingerprint density at radius 3 is 2.61 bits per heavy atom. The lowest BCUT2D eigenvalue weighted by Gasteiger charge is -2.08. The van der Waals surface area contributed by atoms with Crippen LogP contribution in [0.15, 0.2) is 12.1 Å². The Hall–Kier alpha value is -1.63. The minimum Gasteiger partial charge on any atom is -0.490 e. The van der Waals surface area contributed by atoms with Crippen molar-refractivity contribution >= 4 is 27.6 Å². The number of carbonyl (C=O) groups is 1. The van der Waals surface area contributed by atoms with Crippen molar-refractivity contribution in [2.24, 2.45) is 0 Å². The summed E-state index contributed by atoms with van der Waals surface area (Å²) >= 11 is 3.15. The fraction of sp³-hybridized carbons (Fsp3) is 0.364. The molecule has 0 atom stereocenters. The summed E-state index contributed by atoms with van der Waals surface area (Å²) in [6.07, 6.45) is 0. The number of rotatable bonds is 5. The third-order valence-electron chi connectivity index (χ3n) is 2.21. The number of hydrogen-bond donors (Lipinski definition) is 0. The van der Waals surface area contributed by atoms with Crippen LogP contribution in [-0.4, -0.2) is 24.6 Å². The zero-order chi connectivity index (χ0) is 13.7. The molecule has 0 amide bonds. The molecule has 0 radical (unpaired) electrons. The minimum atomic E-state index is -0.537. The lowest BCUT2D eigenvalue weighted by atomic mass is 10.1. The van der Waals surface area contributed by atoms with Crippen LogP contribution in [-0.2, 0) is 10.1 Å². The van der Waals surface area contributed by atoms with Crippen LogP contribution in [0.1, 0.15) is 22.8 Å². The zero-order valence-electron chi connectivity index (χ0n) is 9.94. The summed E-state index contributed by atoms with van der Waals surface area (Å²) in [4.78, 5) is 22.0. The van der Waals surface area contributed by atoms with Crippen LogP contribution >= 0.6 is 15.9 Å². The van der Waals surface area contributed by atoms with Gasteiger partial charge in [0.15, 0.2) is 5.75 Å². The van der Waals surface area contributed by atoms with Crippen molar-refractivity contribution in [3.05, 3.63) is 33.4 Å². The molecule has 18 heavy (non-hydrogen) atoms. The number of methoxy groups -OCH3 is 1. The van der Waals surface area contributed by atoms with Crippen molar-refractivity contribution in [1.82, 2.24) is 0 Å². The quantitative estimate of drug-likeness (QED) is 0.361. The standard InChI is InChI=1S/C11H12BrNO5/c1-3-18-11(14)7-4-8(6-12)10(13(15)16)9(5-7)17-2/h4-5H,3,6H2,1-2H3. The van der Waals surface area contributed by atoms with Crippen LogP contribution < -0.4 is 4.74 Å². The van der Waals surface area contributed by atoms with E-state index in [1.165, 1.54) is 19.2 Å². The SMILES string of the molecule is CCOC(=O)c1cc(CBr)c([N+](=O)[O-])c(OC)c1. The molecule has 6 nitrogen and oxygen atoms in total. The van der Waals surface area contributed by atoms with Gasteiger partial charge in [0, 0.05) is 17.0 Å². The van der Waals surface area contributed by atoms with E-state index in [-0.39, 0.29) is 28.9 Å². The highest BCUT2D eigenvalue weighted by Crippen LogP contribution is 2.33. The maximum absolute atomic E-state index is 11.6. The van der Waals surface area contributed by atoms with E-state index in [1.807, 2.05) is 0 Å². The van der Waals surface area contributed by atoms with Gasteiger partial charge >= 0.3 is 11.7 Å². The van der Waals surface area contributed by atoms with Gasteiger partial charge in [-0.05, 0) is 13.0 Å². The summed E-state index contributed by atoms with van der Waals surface area (Å²) < 4.78 is 9.80. The maximum atomic E-state index is 11.6. The van der Waals surface area contributed by atoms with Gasteiger partial charge in [0.25, 0.3) is 0 Å². The van der Waals surface area contributed by atoms with Gasteiger partial charge < -0.3 is 9.47 Å². The molecule has 0 heterocycles. The lowest BCUT2D eigenvalue weighted by Crippen LogP contribution is -2.07. The first-order valence-electron chi connectivity index (χ1n) is 5.13. The molecule has 7 heteroatoms. The van der Waals surface area contributed by atoms with Gasteiger partial charge in [0.2, 0.25) is 0 Å². The van der Waals surface area contributed by atoms with Crippen LogP contribution in [0.25, 0.3) is 0 Å². The molecule has 1 aromatic carbocycles. The van der Waals surface area contributed by atoms with E-state index in [9.17, 15) is 14.9 Å². The van der Waals surface area contributed by atoms with E-state index in [1.54, 1.807) is 6.92 Å². The average molecular weight is 318 g/mol. The largest absolute Gasteiger partial charge is 0.490 e. The van der Waals surface area contributed by atoms with Crippen molar-refractivity contribution < 1.29 is 19.2 Å². The van der Waals surface area contributed by atoms with Crippen LogP contribution in [0.3, 0.4) is 0 Å². The summed E-state index contributed by atoms with van der Waals surface area (Å²) in [5.74, 6) is -0.493. The second-order valence-electron chi connectivity index (χ2n) is 3.30. The molecule has 0 unspecified atom stereocenters. The molecule has 0 spiro atoms. The Kier molecular flexibility index (Phi) is 5.08. The number of hydrogen-bond acceptors (Lipinski definition) is 5. The molecule has 0 bridgehead atoms. The van der Waals surface area contributed by atoms with E-state index in [0.29, 0.717) is 5.56 Å². The molecule has 0 N–H and O–H groups in total. The van der Waals surface area contributed by atoms with Crippen LogP contribution in [0.5, 0.6) is 5.75 Å². The molecule has 0 aromatic heterocycles. The Morgan fingerprint density at radius 2 is 2.17 bits per heavy atom. The smallest absolute Gasteiger partial charge is 0.338 e. The number of alkyl halides is 1. The molecule has 0 aliphatic rings. The van der Waals surface area contributed by atoms with Gasteiger partial charge in [-0.1, -0.05) is 15.9 Å². The van der Waals surface area contributed by atoms with Gasteiger partial charge in [0.05, 0.1) is 24.2 Å². The lowest BCUT2D eigenvalue weighted by molar-refractivity contribution is -0.386. The van der Waals surface area contributed by atoms with Gasteiger partial charge in [-0.25, -0.2) is 4.79 Å². The fourth-order valence-corrected chi connectivity index (χ4v) is 1.89. The van der Waals surface area contributed by atoms with Crippen LogP contribution in [0, 0.1) is 10.1 Å². The Bertz CT molecular complexity index is 449. The van der Waals surface area contributed by atoms with Crippen molar-refractivity contribution in [2.75, 3.05) is 13.7 Å². The normalized spacial score (nSPS) is 9.94. The topological polar surface area (TPSA) is 78.7 Å². The first-order chi connectivity index (χ1) is 8.54. The van der Waals surface area contributed by atoms with E-state index < -0.39 is 10.9 Å². The maximum Gasteiger partial charge on any atom is 0.338 e. The zero-order valence-corrected chi connectivity index (χ0v) is 11.5. The number of nitro benzene ring substituents is 1. The molecule has 1 aromatic rings. The van der Waals surface area contributed by atoms with E-state index in [2.05, 4.69) is 15.9 Å². The number of halogens is 1. The molecule has 0 aliphatic heterocycles. The van der Waals surface area contributed by atoms with Crippen molar-refractivity contribution in [1.29, 1.82) is 0 Å². The number of benzene rings is 1. The fourth-order valence-electron chi connectivity index (χ4n) is 1.46. The molecule has 0 fully saturated rings. The third kappa shape index (κ3) is 2.98. The summed E-state index contributed by atoms with van der Waals surface area (Å²) in [5.41, 5.74) is 0.443. The third-order valence-corrected chi connectivity index (χ3v) is 2.82. The molecular weight excluding hydrogens is 306 g/mol. The molecule has 1 rings (SSSR count). The number of esters is 1. The average Bonchev–Trinajstić information content (AvgIpc) is 2.36. The predicted molar refractivity (Wildman–Crippen MR) is 68.2 cm³/mol. The first kappa shape index (κ1) is 14.4. The molecule has 98 valence electrons. The summed E-state index contributed by atoms with van der Waals surface area (Å²) in [6, 6.07) is 2.73. The van der Waals surface area contributed by atoms with Crippen molar-refractivity contribution in [3.63, 3.8) is 0 Å². The molecule has 0 saturated heterocycles. The first-order valence-corrected chi connectivity index (χ1v) is 6.25. The molecule has 0 saturated carbocycles. The van der Waals surface area contributed by atoms with Crippen LogP contribution in [0.4, 0.5) is 5.69 Å². The minimum absolute atomic E-state index is 0.0417. The van der Waals surface area contributed by atoms with Gasteiger partial charge in [0.1, 0.15) is 0 Å². The number of nitrogens with zero attached hydrogens (tertiary/aromatic N) is 1. The Balaban J connectivity index is 3.34. The summed E-state index contributed by atoms with van der Waals surface area (Å²) in [5, 5.41) is 11.2. The molecule has 0 aliphatic carbocycles. The van der Waals surface area contributed by atoms with Crippen molar-refractivity contribution in [3.8, 4) is 5.75 Å². The van der Waals surface area contributed by atoms with Gasteiger partial charge in [-0.2, -0.15) is 0 Å². The highest BCUT2D eigenvalue weighted by atomic mass is 79.9. The number of carbonyl (C=O) groups excluding carboxylic acids is 1. The van der Waals surface area contributed by atoms with E-state index >= 15 is 0 Å². The Labute approximate surface area is 112 Å². The Morgan fingerprint density at radius 1 is 1.50 bits per heavy atom. The summed E-state index contributed by atoms with van der Waals surface area (Å²) in [7, 11) is 1.31. The highest BCUT2D eigenvalue weighted by molar-refractivity contribution is 9.08. The van der Waals surface area contributed by atoms with Gasteiger partial charge in [-0.3, -0.25) is 10.1 Å². The van der Waals surface area contributed by atoms with Crippen molar-refractivity contribution in [2.45, 2.75) is 12.3 Å². The van der Waals surface area contributed by atoms with Gasteiger partial charge in [-0.15, -0.1) is 0 Å². The van der Waals surface area contributed by atoms with E-state index in [0.717, 1.165) is 0 Å². The summed E-state index contributed by atoms with van der Waals surface area (Å²) in [6.45, 7) is 1.92. The predicted octanol–water partition coefficient (Wildman–Crippen LogP) is 2.68. The van der Waals surface area contributed by atoms with Crippen LogP contribution in [0.2, 0.25) is 0 Å². The monoisotopic (exact) mass is 317 g/mol. The number of ether oxygens (including phenoxy) is 2. The highest BCUT2D eigenvalue weighted by Gasteiger charge is 2.23. The number of nitro groups is 1. The second-order valence-corrected chi connectivity index (χ2v) is 3.86. The van der Waals surface area contributed by atoms with E-state index in [4.69, 9.17) is 9.47 Å².